The summed E-state index contributed by atoms with van der Waals surface area (Å²) in [7, 11) is 0. The second-order valence-electron chi connectivity index (χ2n) is 25.4. The summed E-state index contributed by atoms with van der Waals surface area (Å²) in [4.78, 5) is 53.2. The van der Waals surface area contributed by atoms with Crippen molar-refractivity contribution in [2.45, 2.75) is 194 Å². The first-order chi connectivity index (χ1) is 32.1. The van der Waals surface area contributed by atoms with E-state index in [2.05, 4.69) is 52.2 Å². The van der Waals surface area contributed by atoms with E-state index < -0.39 is 58.9 Å². The maximum absolute atomic E-state index is 13.3. The zero-order valence-electron chi connectivity index (χ0n) is 41.7. The highest BCUT2D eigenvalue weighted by Crippen LogP contribution is 2.70. The fourth-order valence-electron chi connectivity index (χ4n) is 18.7. The highest BCUT2D eigenvalue weighted by molar-refractivity contribution is 6.08. The van der Waals surface area contributed by atoms with E-state index in [1.165, 1.54) is 18.2 Å². The monoisotopic (exact) mass is 945 g/mol. The van der Waals surface area contributed by atoms with Gasteiger partial charge in [0.15, 0.2) is 0 Å². The van der Waals surface area contributed by atoms with Crippen LogP contribution < -0.4 is 10.6 Å². The Morgan fingerprint density at radius 3 is 1.35 bits per heavy atom. The molecule has 8 aliphatic carbocycles. The second kappa shape index (κ2) is 18.7. The Morgan fingerprint density at radius 1 is 0.559 bits per heavy atom. The molecule has 0 saturated heterocycles. The zero-order valence-corrected chi connectivity index (χ0v) is 41.7. The number of aliphatic hydroxyl groups excluding tert-OH is 6. The summed E-state index contributed by atoms with van der Waals surface area (Å²) >= 11 is 0. The third-order valence-corrected chi connectivity index (χ3v) is 22.6. The van der Waals surface area contributed by atoms with Gasteiger partial charge in [0.05, 0.1) is 36.6 Å². The molecule has 0 unspecified atom stereocenters. The molecule has 12 heteroatoms. The summed E-state index contributed by atoms with van der Waals surface area (Å²) < 4.78 is 0. The predicted molar refractivity (Wildman–Crippen MR) is 256 cm³/mol. The number of amides is 4. The minimum Gasteiger partial charge on any atom is -0.393 e. The molecule has 1 aromatic rings. The van der Waals surface area contributed by atoms with Crippen molar-refractivity contribution in [2.75, 3.05) is 0 Å². The minimum absolute atomic E-state index is 0.00158. The van der Waals surface area contributed by atoms with Crippen LogP contribution in [0.2, 0.25) is 0 Å². The van der Waals surface area contributed by atoms with E-state index in [4.69, 9.17) is 0 Å². The van der Waals surface area contributed by atoms with Gasteiger partial charge >= 0.3 is 0 Å². The van der Waals surface area contributed by atoms with E-state index in [0.29, 0.717) is 38.5 Å². The van der Waals surface area contributed by atoms with Crippen LogP contribution in [0, 0.1) is 92.7 Å². The average molecular weight is 945 g/mol. The molecule has 4 amide bonds. The van der Waals surface area contributed by atoms with Crippen LogP contribution in [0.3, 0.4) is 0 Å². The largest absolute Gasteiger partial charge is 0.393 e. The van der Waals surface area contributed by atoms with Gasteiger partial charge in [-0.25, -0.2) is 0 Å². The Bertz CT molecular complexity index is 1940. The fraction of sp³-hybridized carbons (Fsp3) is 0.821. The Balaban J connectivity index is 0.748. The minimum atomic E-state index is -0.626. The molecule has 22 atom stereocenters. The average Bonchev–Trinajstić information content (AvgIpc) is 3.85. The lowest BCUT2D eigenvalue weighted by Gasteiger charge is -2.63. The Hall–Kier alpha value is -2.74. The molecule has 378 valence electrons. The van der Waals surface area contributed by atoms with E-state index in [9.17, 15) is 49.8 Å². The highest BCUT2D eigenvalue weighted by Gasteiger charge is 2.67. The molecule has 9 rings (SSSR count). The number of rotatable bonds is 10. The molecule has 0 heterocycles. The molecule has 8 N–H and O–H groups in total. The van der Waals surface area contributed by atoms with Crippen LogP contribution in [0.4, 0.5) is 0 Å². The summed E-state index contributed by atoms with van der Waals surface area (Å²) in [5.41, 5.74) is -0.523. The van der Waals surface area contributed by atoms with Crippen molar-refractivity contribution in [3.05, 3.63) is 35.4 Å². The summed E-state index contributed by atoms with van der Waals surface area (Å²) in [6.07, 6.45) is 9.95. The van der Waals surface area contributed by atoms with E-state index in [0.717, 1.165) is 64.2 Å². The van der Waals surface area contributed by atoms with Gasteiger partial charge in [-0.1, -0.05) is 47.6 Å². The first kappa shape index (κ1) is 50.2. The first-order valence-electron chi connectivity index (χ1n) is 27.0. The molecule has 68 heavy (non-hydrogen) atoms. The van der Waals surface area contributed by atoms with Gasteiger partial charge in [0.25, 0.3) is 11.8 Å². The van der Waals surface area contributed by atoms with Gasteiger partial charge in [-0.2, -0.15) is 0 Å². The molecule has 0 aromatic heterocycles. The molecule has 0 radical (unpaired) electrons. The van der Waals surface area contributed by atoms with Crippen LogP contribution in [0.5, 0.6) is 0 Å². The number of hydrogen-bond acceptors (Lipinski definition) is 10. The van der Waals surface area contributed by atoms with Gasteiger partial charge in [-0.15, -0.1) is 0 Å². The highest BCUT2D eigenvalue weighted by atomic mass is 16.3. The lowest BCUT2D eigenvalue weighted by Crippen LogP contribution is -2.62. The number of carbonyl (C=O) groups excluding carboxylic acids is 4. The van der Waals surface area contributed by atoms with E-state index in [1.54, 1.807) is 6.07 Å². The number of hydrogen-bond donors (Lipinski definition) is 8. The van der Waals surface area contributed by atoms with Gasteiger partial charge in [0.2, 0.25) is 11.8 Å². The molecule has 0 bridgehead atoms. The SMILES string of the molecule is C[C@H](CCC(=O)NC(=O)c1cccc(C(=O)NC(=O)CC[C@@H](C)[C@H]2CC[C@H]3[C@@H]4[C@H](O)C[C@@H]5C[C@H](O)CC[C@]5(C)[C@H]4C[C@H](O)[C@]23C)c1)[C@H]1CC[C@H]2[C@@H]3[C@H](O)C[C@@H]4C[C@H](O)CC[C@]4(C)[C@H]3C[C@H](O)[C@]12C. The van der Waals surface area contributed by atoms with Crippen molar-refractivity contribution < 1.29 is 49.8 Å². The third kappa shape index (κ3) is 8.36. The van der Waals surface area contributed by atoms with Crippen LogP contribution in [-0.4, -0.2) is 90.9 Å². The summed E-state index contributed by atoms with van der Waals surface area (Å²) in [6.45, 7) is 13.3. The van der Waals surface area contributed by atoms with Crippen molar-refractivity contribution in [3.8, 4) is 0 Å². The molecule has 8 saturated carbocycles. The van der Waals surface area contributed by atoms with Crippen LogP contribution >= 0.6 is 0 Å². The molecular formula is C56H84N2O10. The van der Waals surface area contributed by atoms with Gasteiger partial charge in [0, 0.05) is 24.0 Å². The lowest BCUT2D eigenvalue weighted by molar-refractivity contribution is -0.207. The quantitative estimate of drug-likeness (QED) is 0.121. The van der Waals surface area contributed by atoms with Crippen LogP contribution in [0.15, 0.2) is 24.3 Å². The first-order valence-corrected chi connectivity index (χ1v) is 27.0. The Kier molecular flexibility index (Phi) is 13.8. The van der Waals surface area contributed by atoms with Crippen LogP contribution in [0.25, 0.3) is 0 Å². The van der Waals surface area contributed by atoms with E-state index >= 15 is 0 Å². The molecule has 8 aliphatic rings. The van der Waals surface area contributed by atoms with Crippen molar-refractivity contribution in [3.63, 3.8) is 0 Å². The zero-order chi connectivity index (χ0) is 48.8. The Labute approximate surface area is 404 Å². The third-order valence-electron chi connectivity index (χ3n) is 22.6. The number of aliphatic hydroxyl groups is 6. The number of fused-ring (bicyclic) bond motifs is 10. The fourth-order valence-corrected chi connectivity index (χ4v) is 18.7. The number of benzene rings is 1. The van der Waals surface area contributed by atoms with Crippen molar-refractivity contribution in [1.29, 1.82) is 0 Å². The van der Waals surface area contributed by atoms with Crippen molar-refractivity contribution >= 4 is 23.6 Å². The number of imide groups is 2. The summed E-state index contributed by atoms with van der Waals surface area (Å²) in [5, 5.41) is 73.1. The maximum atomic E-state index is 13.3. The van der Waals surface area contributed by atoms with Gasteiger partial charge in [-0.3, -0.25) is 29.8 Å². The van der Waals surface area contributed by atoms with Gasteiger partial charge in [0.1, 0.15) is 0 Å². The maximum Gasteiger partial charge on any atom is 0.257 e. The number of carbonyl (C=O) groups is 4. The molecule has 12 nitrogen and oxygen atoms in total. The van der Waals surface area contributed by atoms with Crippen LogP contribution in [0.1, 0.15) is 178 Å². The van der Waals surface area contributed by atoms with Crippen LogP contribution in [-0.2, 0) is 9.59 Å². The summed E-state index contributed by atoms with van der Waals surface area (Å²) in [5.74, 6) is -0.0677. The molecular weight excluding hydrogens is 861 g/mol. The second-order valence-corrected chi connectivity index (χ2v) is 25.4. The predicted octanol–water partition coefficient (Wildman–Crippen LogP) is 6.95. The van der Waals surface area contributed by atoms with Crippen molar-refractivity contribution in [1.82, 2.24) is 10.6 Å². The Morgan fingerprint density at radius 2 is 0.956 bits per heavy atom. The molecule has 1 aromatic carbocycles. The topological polar surface area (TPSA) is 214 Å². The molecule has 0 aliphatic heterocycles. The molecule has 8 fully saturated rings. The van der Waals surface area contributed by atoms with Crippen molar-refractivity contribution in [2.24, 2.45) is 92.7 Å². The van der Waals surface area contributed by atoms with Gasteiger partial charge in [-0.05, 0) is 214 Å². The molecule has 0 spiro atoms. The van der Waals surface area contributed by atoms with Gasteiger partial charge < -0.3 is 30.6 Å². The smallest absolute Gasteiger partial charge is 0.257 e. The summed E-state index contributed by atoms with van der Waals surface area (Å²) in [6, 6.07) is 6.01. The van der Waals surface area contributed by atoms with E-state index in [1.807, 2.05) is 0 Å². The lowest BCUT2D eigenvalue weighted by atomic mass is 9.43. The standard InChI is InChI=1S/C56H84N2O10/c1-29(37-12-14-39-49-41(27-45(63)55(37,39)5)53(3)20-18-35(59)23-33(53)25-43(49)61)10-16-47(65)57-51(67)31-8-7-9-32(22-31)52(68)58-48(66)17-11-30(2)38-13-15-40-50-42(28-46(64)56(38,40)6)54(4)21-19-36(60)24-34(54)26-44(50)62/h7-9,22,29-30,33-46,49-50,59-64H,10-21,23-28H2,1-6H3,(H,57,65,67)(H,58,66,68)/t29-,30-,33+,34+,35-,36-,37-,38-,39+,40+,41+,42+,43-,44-,45+,46+,49+,50+,53+,54+,55-,56-/m1/s1. The normalized spacial score (nSPS) is 46.9. The number of nitrogens with one attached hydrogen (secondary N) is 2. The van der Waals surface area contributed by atoms with E-state index in [-0.39, 0.29) is 118 Å².